The molecule has 6 nitrogen and oxygen atoms in total. The van der Waals surface area contributed by atoms with Crippen molar-refractivity contribution in [2.24, 2.45) is 5.73 Å². The number of carbonyl (C=O) groups is 2. The fourth-order valence-corrected chi connectivity index (χ4v) is 2.12. The van der Waals surface area contributed by atoms with Crippen LogP contribution in [0.2, 0.25) is 0 Å². The summed E-state index contributed by atoms with van der Waals surface area (Å²) in [4.78, 5) is 22.8. The summed E-state index contributed by atoms with van der Waals surface area (Å²) in [6, 6.07) is 11.9. The Morgan fingerprint density at radius 2 is 1.41 bits per heavy atom. The molecule has 0 spiro atoms. The molecule has 4 N–H and O–H groups in total. The first kappa shape index (κ1) is 20.1. The number of hydrogen-bond donors (Lipinski definition) is 3. The second-order valence-electron chi connectivity index (χ2n) is 5.65. The van der Waals surface area contributed by atoms with Gasteiger partial charge in [-0.15, -0.1) is 0 Å². The highest BCUT2D eigenvalue weighted by Gasteiger charge is 2.28. The van der Waals surface area contributed by atoms with Crippen molar-refractivity contribution in [2.45, 2.75) is 19.3 Å². The lowest BCUT2D eigenvalue weighted by Gasteiger charge is -2.10. The summed E-state index contributed by atoms with van der Waals surface area (Å²) in [6.07, 6.45) is -4.39. The lowest BCUT2D eigenvalue weighted by atomic mass is 10.1. The van der Waals surface area contributed by atoms with Crippen molar-refractivity contribution >= 4 is 11.9 Å². The predicted octanol–water partition coefficient (Wildman–Crippen LogP) is 2.73. The number of urea groups is 1. The van der Waals surface area contributed by atoms with Crippen LogP contribution < -0.4 is 21.1 Å². The molecule has 0 radical (unpaired) electrons. The van der Waals surface area contributed by atoms with Crippen LogP contribution in [0.1, 0.15) is 21.5 Å². The predicted molar refractivity (Wildman–Crippen MR) is 92.0 cm³/mol. The van der Waals surface area contributed by atoms with Crippen molar-refractivity contribution in [3.05, 3.63) is 65.2 Å². The third-order valence-electron chi connectivity index (χ3n) is 3.46. The van der Waals surface area contributed by atoms with Gasteiger partial charge in [-0.3, -0.25) is 4.79 Å². The van der Waals surface area contributed by atoms with Crippen molar-refractivity contribution in [3.63, 3.8) is 0 Å². The van der Waals surface area contributed by atoms with Crippen LogP contribution in [0.4, 0.5) is 18.0 Å². The van der Waals surface area contributed by atoms with Crippen molar-refractivity contribution < 1.29 is 27.5 Å². The van der Waals surface area contributed by atoms with Gasteiger partial charge >= 0.3 is 12.2 Å². The molecule has 9 heteroatoms. The number of halogens is 3. The van der Waals surface area contributed by atoms with E-state index in [0.717, 1.165) is 5.56 Å². The number of carbonyl (C=O) groups excluding carboxylic acids is 2. The number of alkyl halides is 3. The van der Waals surface area contributed by atoms with Crippen LogP contribution in [0.3, 0.4) is 0 Å². The summed E-state index contributed by atoms with van der Waals surface area (Å²) in [6.45, 7) is -0.878. The molecular formula is C18H18F3N3O3. The molecule has 0 saturated carbocycles. The minimum Gasteiger partial charge on any atom is -0.484 e. The van der Waals surface area contributed by atoms with Crippen LogP contribution in [-0.4, -0.2) is 24.7 Å². The summed E-state index contributed by atoms with van der Waals surface area (Å²) >= 11 is 0. The van der Waals surface area contributed by atoms with E-state index in [2.05, 4.69) is 15.4 Å². The highest BCUT2D eigenvalue weighted by atomic mass is 19.4. The van der Waals surface area contributed by atoms with Crippen molar-refractivity contribution in [1.29, 1.82) is 0 Å². The topological polar surface area (TPSA) is 93.5 Å². The molecular weight excluding hydrogens is 363 g/mol. The molecule has 0 unspecified atom stereocenters. The van der Waals surface area contributed by atoms with Gasteiger partial charge in [-0.05, 0) is 35.4 Å². The van der Waals surface area contributed by atoms with Crippen molar-refractivity contribution in [2.75, 3.05) is 6.61 Å². The lowest BCUT2D eigenvalue weighted by Crippen LogP contribution is -2.28. The zero-order valence-corrected chi connectivity index (χ0v) is 14.2. The zero-order valence-electron chi connectivity index (χ0n) is 14.2. The zero-order chi connectivity index (χ0) is 19.9. The Labute approximate surface area is 153 Å². The van der Waals surface area contributed by atoms with Gasteiger partial charge in [-0.2, -0.15) is 13.2 Å². The van der Waals surface area contributed by atoms with E-state index in [0.29, 0.717) is 11.1 Å². The highest BCUT2D eigenvalue weighted by Crippen LogP contribution is 2.18. The standard InChI is InChI=1S/C18H18F3N3O3/c19-18(20,21)11-27-15-7-3-13(4-8-15)9-23-16(25)14-5-1-12(2-6-14)10-24-17(22)26/h1-8H,9-11H2,(H,23,25)(H3,22,24,26). The maximum absolute atomic E-state index is 12.1. The number of benzene rings is 2. The van der Waals surface area contributed by atoms with Crippen LogP contribution in [0.15, 0.2) is 48.5 Å². The molecule has 3 amide bonds. The molecule has 0 heterocycles. The van der Waals surface area contributed by atoms with Crippen LogP contribution in [0, 0.1) is 0 Å². The van der Waals surface area contributed by atoms with E-state index >= 15 is 0 Å². The van der Waals surface area contributed by atoms with Gasteiger partial charge in [0.25, 0.3) is 5.91 Å². The van der Waals surface area contributed by atoms with E-state index in [1.165, 1.54) is 12.1 Å². The van der Waals surface area contributed by atoms with Crippen molar-refractivity contribution in [3.8, 4) is 5.75 Å². The second kappa shape index (κ2) is 8.93. The second-order valence-corrected chi connectivity index (χ2v) is 5.65. The Hall–Kier alpha value is -3.23. The monoisotopic (exact) mass is 381 g/mol. The molecule has 0 fully saturated rings. The largest absolute Gasteiger partial charge is 0.484 e. The van der Waals surface area contributed by atoms with Crippen LogP contribution in [0.5, 0.6) is 5.75 Å². The molecule has 27 heavy (non-hydrogen) atoms. The fraction of sp³-hybridized carbons (Fsp3) is 0.222. The summed E-state index contributed by atoms with van der Waals surface area (Å²) in [5, 5.41) is 5.16. The van der Waals surface area contributed by atoms with Gasteiger partial charge in [0.1, 0.15) is 5.75 Å². The summed E-state index contributed by atoms with van der Waals surface area (Å²) in [7, 11) is 0. The van der Waals surface area contributed by atoms with Crippen LogP contribution in [-0.2, 0) is 13.1 Å². The summed E-state index contributed by atoms with van der Waals surface area (Å²) in [5.41, 5.74) is 6.92. The third kappa shape index (κ3) is 7.27. The first-order valence-corrected chi connectivity index (χ1v) is 7.92. The smallest absolute Gasteiger partial charge is 0.422 e. The van der Waals surface area contributed by atoms with E-state index in [1.54, 1.807) is 36.4 Å². The van der Waals surface area contributed by atoms with Crippen molar-refractivity contribution in [1.82, 2.24) is 10.6 Å². The Morgan fingerprint density at radius 3 is 1.93 bits per heavy atom. The molecule has 0 aliphatic heterocycles. The van der Waals surface area contributed by atoms with Crippen LogP contribution >= 0.6 is 0 Å². The van der Waals surface area contributed by atoms with E-state index in [1.807, 2.05) is 0 Å². The van der Waals surface area contributed by atoms with Gasteiger partial charge in [0.2, 0.25) is 0 Å². The number of ether oxygens (including phenoxy) is 1. The number of nitrogens with two attached hydrogens (primary N) is 1. The summed E-state index contributed by atoms with van der Waals surface area (Å²) in [5.74, 6) is -0.204. The number of amides is 3. The maximum atomic E-state index is 12.1. The van der Waals surface area contributed by atoms with E-state index in [-0.39, 0.29) is 24.7 Å². The molecule has 144 valence electrons. The SMILES string of the molecule is NC(=O)NCc1ccc(C(=O)NCc2ccc(OCC(F)(F)F)cc2)cc1. The molecule has 0 aliphatic rings. The van der Waals surface area contributed by atoms with Crippen LogP contribution in [0.25, 0.3) is 0 Å². The fourth-order valence-electron chi connectivity index (χ4n) is 2.12. The number of primary amides is 1. The molecule has 0 atom stereocenters. The van der Waals surface area contributed by atoms with E-state index in [9.17, 15) is 22.8 Å². The van der Waals surface area contributed by atoms with Gasteiger partial charge in [-0.25, -0.2) is 4.79 Å². The minimum absolute atomic E-state index is 0.0996. The molecule has 0 bridgehead atoms. The Kier molecular flexibility index (Phi) is 6.64. The number of nitrogens with one attached hydrogen (secondary N) is 2. The van der Waals surface area contributed by atoms with Gasteiger partial charge < -0.3 is 21.1 Å². The molecule has 2 aromatic carbocycles. The quantitative estimate of drug-likeness (QED) is 0.688. The number of rotatable bonds is 7. The van der Waals surface area contributed by atoms with Gasteiger partial charge in [-0.1, -0.05) is 24.3 Å². The highest BCUT2D eigenvalue weighted by molar-refractivity contribution is 5.94. The lowest BCUT2D eigenvalue weighted by molar-refractivity contribution is -0.153. The average molecular weight is 381 g/mol. The molecule has 2 aromatic rings. The third-order valence-corrected chi connectivity index (χ3v) is 3.46. The van der Waals surface area contributed by atoms with Gasteiger partial charge in [0.15, 0.2) is 6.61 Å². The first-order valence-electron chi connectivity index (χ1n) is 7.92. The average Bonchev–Trinajstić information content (AvgIpc) is 2.63. The molecule has 0 aliphatic carbocycles. The minimum atomic E-state index is -4.39. The Morgan fingerprint density at radius 1 is 0.889 bits per heavy atom. The molecule has 2 rings (SSSR count). The molecule has 0 aromatic heterocycles. The first-order chi connectivity index (χ1) is 12.7. The number of hydrogen-bond acceptors (Lipinski definition) is 3. The Balaban J connectivity index is 1.83. The summed E-state index contributed by atoms with van der Waals surface area (Å²) < 4.78 is 40.9. The molecule has 0 saturated heterocycles. The Bertz CT molecular complexity index is 775. The normalized spacial score (nSPS) is 10.9. The van der Waals surface area contributed by atoms with Gasteiger partial charge in [0.05, 0.1) is 0 Å². The van der Waals surface area contributed by atoms with E-state index in [4.69, 9.17) is 5.73 Å². The van der Waals surface area contributed by atoms with Gasteiger partial charge in [0, 0.05) is 18.7 Å². The maximum Gasteiger partial charge on any atom is 0.422 e. The van der Waals surface area contributed by atoms with E-state index < -0.39 is 18.8 Å².